The summed E-state index contributed by atoms with van der Waals surface area (Å²) >= 11 is 0. The summed E-state index contributed by atoms with van der Waals surface area (Å²) in [5, 5.41) is 31.7. The smallest absolute Gasteiger partial charge is 0.379 e. The molecular weight excluding hydrogens is 507 g/mol. The molecule has 1 aliphatic rings. The van der Waals surface area contributed by atoms with E-state index in [0.29, 0.717) is 37.8 Å². The SMILES string of the molecule is C[C@](O)(CN1CCN(c2ccc(C#N)c(-c3ccccc3)c2)CC1)C(=O)Nc1ccc(C#N)c(C(F)(F)F)c1. The van der Waals surface area contributed by atoms with Crippen molar-refractivity contribution in [2.45, 2.75) is 18.7 Å². The first-order chi connectivity index (χ1) is 18.5. The van der Waals surface area contributed by atoms with Gasteiger partial charge in [-0.3, -0.25) is 9.69 Å². The van der Waals surface area contributed by atoms with E-state index in [1.807, 2.05) is 47.4 Å². The first kappa shape index (κ1) is 27.6. The summed E-state index contributed by atoms with van der Waals surface area (Å²) in [6.45, 7) is 3.61. The number of nitriles is 2. The van der Waals surface area contributed by atoms with Gasteiger partial charge in [0.2, 0.25) is 0 Å². The number of aliphatic hydroxyl groups is 1. The molecule has 1 saturated heterocycles. The van der Waals surface area contributed by atoms with Crippen molar-refractivity contribution in [3.05, 3.63) is 83.4 Å². The van der Waals surface area contributed by atoms with Gasteiger partial charge in [0.05, 0.1) is 28.8 Å². The molecule has 1 fully saturated rings. The second-order valence-corrected chi connectivity index (χ2v) is 9.57. The molecule has 4 rings (SSSR count). The van der Waals surface area contributed by atoms with Crippen molar-refractivity contribution in [3.63, 3.8) is 0 Å². The highest BCUT2D eigenvalue weighted by Gasteiger charge is 2.36. The third-order valence-electron chi connectivity index (χ3n) is 6.67. The standard InChI is InChI=1S/C29H26F3N5O2/c1-28(39,27(38)35-23-9-7-22(18-34)26(15-23)29(30,31)32)19-36-11-13-37(14-12-36)24-10-8-21(17-33)25(16-24)20-5-3-2-4-6-20/h2-10,15-16,39H,11-14,19H2,1H3,(H,35,38)/t28-/m0/s1. The lowest BCUT2D eigenvalue weighted by Crippen LogP contribution is -2.54. The third-order valence-corrected chi connectivity index (χ3v) is 6.67. The van der Waals surface area contributed by atoms with E-state index in [-0.39, 0.29) is 12.2 Å². The highest BCUT2D eigenvalue weighted by molar-refractivity contribution is 5.97. The second kappa shape index (κ2) is 11.2. The van der Waals surface area contributed by atoms with Crippen molar-refractivity contribution < 1.29 is 23.1 Å². The maximum Gasteiger partial charge on any atom is 0.417 e. The lowest BCUT2D eigenvalue weighted by Gasteiger charge is -2.39. The molecule has 0 saturated carbocycles. The van der Waals surface area contributed by atoms with Crippen molar-refractivity contribution in [2.75, 3.05) is 42.9 Å². The molecule has 1 aliphatic heterocycles. The van der Waals surface area contributed by atoms with E-state index in [0.717, 1.165) is 22.9 Å². The molecule has 0 spiro atoms. The zero-order chi connectivity index (χ0) is 28.2. The first-order valence-electron chi connectivity index (χ1n) is 12.2. The van der Waals surface area contributed by atoms with Crippen LogP contribution in [-0.4, -0.2) is 54.2 Å². The van der Waals surface area contributed by atoms with Crippen molar-refractivity contribution in [1.82, 2.24) is 4.90 Å². The van der Waals surface area contributed by atoms with Crippen LogP contribution in [-0.2, 0) is 11.0 Å². The molecule has 1 amide bonds. The predicted molar refractivity (Wildman–Crippen MR) is 141 cm³/mol. The molecule has 0 aliphatic carbocycles. The number of alkyl halides is 3. The van der Waals surface area contributed by atoms with Crippen LogP contribution in [0.5, 0.6) is 0 Å². The molecule has 1 atom stereocenters. The van der Waals surface area contributed by atoms with Crippen LogP contribution in [0.3, 0.4) is 0 Å². The van der Waals surface area contributed by atoms with Crippen LogP contribution in [0.4, 0.5) is 24.5 Å². The van der Waals surface area contributed by atoms with Crippen LogP contribution in [0, 0.1) is 22.7 Å². The number of benzene rings is 3. The molecule has 39 heavy (non-hydrogen) atoms. The summed E-state index contributed by atoms with van der Waals surface area (Å²) in [5.74, 6) is -0.845. The molecule has 3 aromatic rings. The fourth-order valence-electron chi connectivity index (χ4n) is 4.57. The molecular formula is C29H26F3N5O2. The number of carbonyl (C=O) groups is 1. The summed E-state index contributed by atoms with van der Waals surface area (Å²) in [4.78, 5) is 16.8. The molecule has 0 aromatic heterocycles. The minimum absolute atomic E-state index is 0.0162. The van der Waals surface area contributed by atoms with Gasteiger partial charge in [0.15, 0.2) is 5.60 Å². The van der Waals surface area contributed by atoms with Crippen molar-refractivity contribution in [3.8, 4) is 23.3 Å². The summed E-state index contributed by atoms with van der Waals surface area (Å²) in [6, 6.07) is 21.9. The molecule has 10 heteroatoms. The second-order valence-electron chi connectivity index (χ2n) is 9.57. The number of hydrogen-bond acceptors (Lipinski definition) is 6. The van der Waals surface area contributed by atoms with Crippen LogP contribution in [0.1, 0.15) is 23.6 Å². The van der Waals surface area contributed by atoms with Gasteiger partial charge in [0.1, 0.15) is 0 Å². The lowest BCUT2D eigenvalue weighted by atomic mass is 9.99. The predicted octanol–water partition coefficient (Wildman–Crippen LogP) is 4.63. The van der Waals surface area contributed by atoms with Gasteiger partial charge in [0.25, 0.3) is 5.91 Å². The molecule has 2 N–H and O–H groups in total. The number of carbonyl (C=O) groups excluding carboxylic acids is 1. The van der Waals surface area contributed by atoms with Crippen LogP contribution in [0.25, 0.3) is 11.1 Å². The van der Waals surface area contributed by atoms with E-state index >= 15 is 0 Å². The fourth-order valence-corrected chi connectivity index (χ4v) is 4.57. The Morgan fingerprint density at radius 1 is 0.949 bits per heavy atom. The highest BCUT2D eigenvalue weighted by Crippen LogP contribution is 2.34. The number of β-amino-alcohol motifs (C(OH)–C–C–N with tert-alkyl or cyclic N) is 1. The Labute approximate surface area is 224 Å². The van der Waals surface area contributed by atoms with E-state index in [2.05, 4.69) is 16.3 Å². The van der Waals surface area contributed by atoms with E-state index in [1.165, 1.54) is 19.1 Å². The molecule has 1 heterocycles. The largest absolute Gasteiger partial charge is 0.417 e. The number of amides is 1. The van der Waals surface area contributed by atoms with Gasteiger partial charge in [-0.2, -0.15) is 23.7 Å². The topological polar surface area (TPSA) is 103 Å². The Hall–Kier alpha value is -4.38. The van der Waals surface area contributed by atoms with Crippen LogP contribution < -0.4 is 10.2 Å². The maximum absolute atomic E-state index is 13.3. The molecule has 0 unspecified atom stereocenters. The Bertz CT molecular complexity index is 1430. The van der Waals surface area contributed by atoms with Gasteiger partial charge in [-0.25, -0.2) is 0 Å². The average molecular weight is 534 g/mol. The first-order valence-corrected chi connectivity index (χ1v) is 12.2. The molecule has 200 valence electrons. The summed E-state index contributed by atoms with van der Waals surface area (Å²) in [6.07, 6.45) is -4.76. The minimum Gasteiger partial charge on any atom is -0.379 e. The number of rotatable bonds is 6. The van der Waals surface area contributed by atoms with Crippen molar-refractivity contribution in [2.24, 2.45) is 0 Å². The third kappa shape index (κ3) is 6.37. The van der Waals surface area contributed by atoms with Gasteiger partial charge in [-0.1, -0.05) is 30.3 Å². The number of halogens is 3. The Kier molecular flexibility index (Phi) is 7.91. The zero-order valence-electron chi connectivity index (χ0n) is 21.2. The van der Waals surface area contributed by atoms with Crippen molar-refractivity contribution >= 4 is 17.3 Å². The van der Waals surface area contributed by atoms with Crippen LogP contribution >= 0.6 is 0 Å². The molecule has 0 radical (unpaired) electrons. The number of nitrogens with one attached hydrogen (secondary N) is 1. The van der Waals surface area contributed by atoms with Gasteiger partial charge >= 0.3 is 6.18 Å². The molecule has 3 aromatic carbocycles. The van der Waals surface area contributed by atoms with Gasteiger partial charge in [-0.05, 0) is 48.9 Å². The quantitative estimate of drug-likeness (QED) is 0.479. The normalized spacial score (nSPS) is 15.6. The maximum atomic E-state index is 13.3. The minimum atomic E-state index is -4.76. The van der Waals surface area contributed by atoms with E-state index < -0.39 is 28.8 Å². The number of anilines is 2. The van der Waals surface area contributed by atoms with Gasteiger partial charge in [-0.15, -0.1) is 0 Å². The average Bonchev–Trinajstić information content (AvgIpc) is 2.93. The fraction of sp³-hybridized carbons (Fsp3) is 0.276. The number of hydrogen-bond donors (Lipinski definition) is 2. The zero-order valence-corrected chi connectivity index (χ0v) is 21.2. The Morgan fingerprint density at radius 3 is 2.21 bits per heavy atom. The van der Waals surface area contributed by atoms with Crippen LogP contribution in [0.2, 0.25) is 0 Å². The number of nitrogens with zero attached hydrogens (tertiary/aromatic N) is 4. The Morgan fingerprint density at radius 2 is 1.59 bits per heavy atom. The lowest BCUT2D eigenvalue weighted by molar-refractivity contribution is -0.138. The number of piperazine rings is 1. The van der Waals surface area contributed by atoms with E-state index in [9.17, 15) is 28.3 Å². The molecule has 0 bridgehead atoms. The summed E-state index contributed by atoms with van der Waals surface area (Å²) < 4.78 is 39.8. The monoisotopic (exact) mass is 533 g/mol. The van der Waals surface area contributed by atoms with E-state index in [4.69, 9.17) is 5.26 Å². The highest BCUT2D eigenvalue weighted by atomic mass is 19.4. The van der Waals surface area contributed by atoms with E-state index in [1.54, 1.807) is 6.07 Å². The summed E-state index contributed by atoms with van der Waals surface area (Å²) in [7, 11) is 0. The van der Waals surface area contributed by atoms with Gasteiger partial charge < -0.3 is 15.3 Å². The molecule has 7 nitrogen and oxygen atoms in total. The van der Waals surface area contributed by atoms with Crippen molar-refractivity contribution in [1.29, 1.82) is 10.5 Å². The summed E-state index contributed by atoms with van der Waals surface area (Å²) in [5.41, 5.74) is -0.418. The van der Waals surface area contributed by atoms with Gasteiger partial charge in [0, 0.05) is 49.7 Å². The van der Waals surface area contributed by atoms with Crippen LogP contribution in [0.15, 0.2) is 66.7 Å². The Balaban J connectivity index is 1.39.